The standard InChI is InChI=1S/C24H28N4O2/c1-18-6-3-4-7-21(18)17-26-12-5-13-27(15-14-26)23(29)20-8-10-22(11-9-20)28-19(2)16-25-24(28)30/h3-4,6-11,16H,5,12-15,17H2,1-2H3,(H,25,30). The van der Waals surface area contributed by atoms with E-state index in [2.05, 4.69) is 41.1 Å². The topological polar surface area (TPSA) is 61.3 Å². The average Bonchev–Trinajstić information content (AvgIpc) is 2.94. The Bertz CT molecular complexity index is 1080. The predicted octanol–water partition coefficient (Wildman–Crippen LogP) is 3.13. The normalized spacial score (nSPS) is 15.2. The van der Waals surface area contributed by atoms with Crippen molar-refractivity contribution in [3.05, 3.63) is 87.6 Å². The van der Waals surface area contributed by atoms with Crippen molar-refractivity contribution in [2.45, 2.75) is 26.8 Å². The van der Waals surface area contributed by atoms with E-state index in [1.54, 1.807) is 10.8 Å². The van der Waals surface area contributed by atoms with Crippen LogP contribution in [0.25, 0.3) is 5.69 Å². The summed E-state index contributed by atoms with van der Waals surface area (Å²) < 4.78 is 1.60. The lowest BCUT2D eigenvalue weighted by molar-refractivity contribution is 0.0761. The number of nitrogens with zero attached hydrogens (tertiary/aromatic N) is 3. The van der Waals surface area contributed by atoms with Crippen LogP contribution in [-0.4, -0.2) is 51.4 Å². The molecule has 0 bridgehead atoms. The lowest BCUT2D eigenvalue weighted by Gasteiger charge is -2.23. The molecule has 3 aromatic rings. The van der Waals surface area contributed by atoms with E-state index in [9.17, 15) is 9.59 Å². The molecule has 1 aliphatic rings. The van der Waals surface area contributed by atoms with Gasteiger partial charge in [-0.2, -0.15) is 0 Å². The van der Waals surface area contributed by atoms with Crippen LogP contribution in [0.15, 0.2) is 59.5 Å². The van der Waals surface area contributed by atoms with Gasteiger partial charge >= 0.3 is 5.69 Å². The van der Waals surface area contributed by atoms with Crippen LogP contribution < -0.4 is 5.69 Å². The van der Waals surface area contributed by atoms with E-state index in [1.165, 1.54) is 11.1 Å². The summed E-state index contributed by atoms with van der Waals surface area (Å²) in [5.41, 5.74) is 4.74. The van der Waals surface area contributed by atoms with Crippen LogP contribution in [0.1, 0.15) is 33.6 Å². The molecule has 1 saturated heterocycles. The summed E-state index contributed by atoms with van der Waals surface area (Å²) in [6.45, 7) is 8.30. The molecule has 30 heavy (non-hydrogen) atoms. The Balaban J connectivity index is 1.41. The van der Waals surface area contributed by atoms with Crippen LogP contribution >= 0.6 is 0 Å². The quantitative estimate of drug-likeness (QED) is 0.727. The molecular formula is C24H28N4O2. The van der Waals surface area contributed by atoms with E-state index in [4.69, 9.17) is 0 Å². The molecule has 0 unspecified atom stereocenters. The van der Waals surface area contributed by atoms with E-state index in [0.29, 0.717) is 5.56 Å². The molecule has 0 aliphatic carbocycles. The number of hydrogen-bond donors (Lipinski definition) is 1. The first kappa shape index (κ1) is 20.2. The van der Waals surface area contributed by atoms with Gasteiger partial charge < -0.3 is 9.88 Å². The number of nitrogens with one attached hydrogen (secondary N) is 1. The zero-order valence-corrected chi connectivity index (χ0v) is 17.6. The van der Waals surface area contributed by atoms with Crippen molar-refractivity contribution >= 4 is 5.91 Å². The minimum Gasteiger partial charge on any atom is -0.337 e. The molecule has 2 heterocycles. The van der Waals surface area contributed by atoms with Crippen molar-refractivity contribution < 1.29 is 4.79 Å². The van der Waals surface area contributed by atoms with Crippen molar-refractivity contribution in [2.24, 2.45) is 0 Å². The van der Waals surface area contributed by atoms with Gasteiger partial charge in [-0.3, -0.25) is 14.3 Å². The zero-order valence-electron chi connectivity index (χ0n) is 17.6. The smallest absolute Gasteiger partial charge is 0.330 e. The lowest BCUT2D eigenvalue weighted by atomic mass is 10.1. The van der Waals surface area contributed by atoms with E-state index in [1.807, 2.05) is 36.1 Å². The maximum atomic E-state index is 13.0. The lowest BCUT2D eigenvalue weighted by Crippen LogP contribution is -2.35. The third kappa shape index (κ3) is 4.24. The highest BCUT2D eigenvalue weighted by Crippen LogP contribution is 2.16. The summed E-state index contributed by atoms with van der Waals surface area (Å²) in [6, 6.07) is 15.8. The van der Waals surface area contributed by atoms with Crippen molar-refractivity contribution in [1.29, 1.82) is 0 Å². The molecule has 1 amide bonds. The van der Waals surface area contributed by atoms with Crippen LogP contribution in [0, 0.1) is 13.8 Å². The number of amides is 1. The van der Waals surface area contributed by atoms with E-state index in [-0.39, 0.29) is 11.6 Å². The molecule has 6 nitrogen and oxygen atoms in total. The van der Waals surface area contributed by atoms with Crippen LogP contribution in [0.2, 0.25) is 0 Å². The molecule has 1 fully saturated rings. The second-order valence-corrected chi connectivity index (χ2v) is 7.97. The number of aryl methyl sites for hydroxylation is 2. The van der Waals surface area contributed by atoms with Gasteiger partial charge in [0.15, 0.2) is 0 Å². The second kappa shape index (κ2) is 8.71. The number of H-pyrrole nitrogens is 1. The van der Waals surface area contributed by atoms with Crippen LogP contribution in [0.4, 0.5) is 0 Å². The van der Waals surface area contributed by atoms with Gasteiger partial charge in [-0.25, -0.2) is 4.79 Å². The van der Waals surface area contributed by atoms with E-state index in [0.717, 1.165) is 50.5 Å². The highest BCUT2D eigenvalue weighted by Gasteiger charge is 2.21. The fourth-order valence-electron chi connectivity index (χ4n) is 4.07. The van der Waals surface area contributed by atoms with Crippen molar-refractivity contribution in [2.75, 3.05) is 26.2 Å². The number of aromatic nitrogens is 2. The summed E-state index contributed by atoms with van der Waals surface area (Å²) >= 11 is 0. The van der Waals surface area contributed by atoms with Crippen LogP contribution in [-0.2, 0) is 6.54 Å². The minimum absolute atomic E-state index is 0.0532. The van der Waals surface area contributed by atoms with Crippen LogP contribution in [0.5, 0.6) is 0 Å². The van der Waals surface area contributed by atoms with Gasteiger partial charge in [-0.05, 0) is 55.7 Å². The Hall–Kier alpha value is -3.12. The van der Waals surface area contributed by atoms with E-state index >= 15 is 0 Å². The molecular weight excluding hydrogens is 376 g/mol. The Kier molecular flexibility index (Phi) is 5.86. The number of benzene rings is 2. The Labute approximate surface area is 176 Å². The number of hydrogen-bond acceptors (Lipinski definition) is 3. The molecule has 6 heteroatoms. The van der Waals surface area contributed by atoms with Crippen molar-refractivity contribution in [3.63, 3.8) is 0 Å². The van der Waals surface area contributed by atoms with Crippen molar-refractivity contribution in [1.82, 2.24) is 19.4 Å². The summed E-state index contributed by atoms with van der Waals surface area (Å²) in [6.07, 6.45) is 2.65. The van der Waals surface area contributed by atoms with Gasteiger partial charge in [0.25, 0.3) is 5.91 Å². The van der Waals surface area contributed by atoms with Crippen LogP contribution in [0.3, 0.4) is 0 Å². The Morgan fingerprint density at radius 1 is 0.967 bits per heavy atom. The highest BCUT2D eigenvalue weighted by atomic mass is 16.2. The molecule has 0 radical (unpaired) electrons. The van der Waals surface area contributed by atoms with Gasteiger partial charge in [-0.1, -0.05) is 24.3 Å². The first-order chi connectivity index (χ1) is 14.5. The molecule has 0 atom stereocenters. The summed E-state index contributed by atoms with van der Waals surface area (Å²) in [5, 5.41) is 0. The zero-order chi connectivity index (χ0) is 21.1. The molecule has 1 aliphatic heterocycles. The number of aromatic amines is 1. The Morgan fingerprint density at radius 2 is 1.73 bits per heavy atom. The highest BCUT2D eigenvalue weighted by molar-refractivity contribution is 5.94. The van der Waals surface area contributed by atoms with Gasteiger partial charge in [0, 0.05) is 50.2 Å². The molecule has 1 N–H and O–H groups in total. The number of carbonyl (C=O) groups excluding carboxylic acids is 1. The van der Waals surface area contributed by atoms with Crippen molar-refractivity contribution in [3.8, 4) is 5.69 Å². The van der Waals surface area contributed by atoms with Gasteiger partial charge in [-0.15, -0.1) is 0 Å². The number of carbonyl (C=O) groups is 1. The molecule has 2 aromatic carbocycles. The molecule has 156 valence electrons. The number of rotatable bonds is 4. The van der Waals surface area contributed by atoms with Gasteiger partial charge in [0.2, 0.25) is 0 Å². The summed E-state index contributed by atoms with van der Waals surface area (Å²) in [7, 11) is 0. The summed E-state index contributed by atoms with van der Waals surface area (Å²) in [4.78, 5) is 32.1. The SMILES string of the molecule is Cc1ccccc1CN1CCCN(C(=O)c2ccc(-n3c(C)c[nH]c3=O)cc2)CC1. The Morgan fingerprint density at radius 3 is 2.43 bits per heavy atom. The second-order valence-electron chi connectivity index (χ2n) is 7.97. The van der Waals surface area contributed by atoms with Gasteiger partial charge in [0.1, 0.15) is 0 Å². The molecule has 1 aromatic heterocycles. The minimum atomic E-state index is -0.173. The monoisotopic (exact) mass is 404 g/mol. The fraction of sp³-hybridized carbons (Fsp3) is 0.333. The summed E-state index contributed by atoms with van der Waals surface area (Å²) in [5.74, 6) is 0.0532. The maximum absolute atomic E-state index is 13.0. The number of imidazole rings is 1. The molecule has 4 rings (SSSR count). The fourth-order valence-corrected chi connectivity index (χ4v) is 4.07. The maximum Gasteiger partial charge on any atom is 0.330 e. The predicted molar refractivity (Wildman–Crippen MR) is 118 cm³/mol. The first-order valence-corrected chi connectivity index (χ1v) is 10.5. The van der Waals surface area contributed by atoms with E-state index < -0.39 is 0 Å². The molecule has 0 spiro atoms. The largest absolute Gasteiger partial charge is 0.337 e. The van der Waals surface area contributed by atoms with Gasteiger partial charge in [0.05, 0.1) is 5.69 Å². The molecule has 0 saturated carbocycles. The average molecular weight is 405 g/mol. The first-order valence-electron chi connectivity index (χ1n) is 10.5. The third-order valence-corrected chi connectivity index (χ3v) is 5.86. The third-order valence-electron chi connectivity index (χ3n) is 5.86.